The van der Waals surface area contributed by atoms with Gasteiger partial charge in [0.25, 0.3) is 0 Å². The second-order valence-corrected chi connectivity index (χ2v) is 2.69. The lowest BCUT2D eigenvalue weighted by molar-refractivity contribution is -0.141. The van der Waals surface area contributed by atoms with Crippen LogP contribution in [0.5, 0.6) is 0 Å². The van der Waals surface area contributed by atoms with E-state index in [1.807, 2.05) is 6.92 Å². The number of carbonyl (C=O) groups excluding carboxylic acids is 1. The molecule has 2 N–H and O–H groups in total. The fraction of sp³-hybridized carbons (Fsp3) is 0.556. The highest BCUT2D eigenvalue weighted by molar-refractivity contribution is 5.90. The predicted molar refractivity (Wildman–Crippen MR) is 49.3 cm³/mol. The fourth-order valence-electron chi connectivity index (χ4n) is 0.917. The number of rotatable bonds is 5. The molecule has 4 nitrogen and oxygen atoms in total. The maximum absolute atomic E-state index is 11.0. The van der Waals surface area contributed by atoms with E-state index >= 15 is 0 Å². The van der Waals surface area contributed by atoms with E-state index in [0.717, 1.165) is 6.42 Å². The van der Waals surface area contributed by atoms with Crippen LogP contribution in [0, 0.1) is 0 Å². The monoisotopic (exact) mass is 185 g/mol. The molecule has 0 fully saturated rings. The van der Waals surface area contributed by atoms with E-state index in [1.165, 1.54) is 6.08 Å². The molecule has 1 amide bonds. The number of nitrogens with one attached hydrogen (secondary N) is 1. The average molecular weight is 185 g/mol. The third kappa shape index (κ3) is 5.00. The molecule has 0 saturated carbocycles. The van der Waals surface area contributed by atoms with Crippen molar-refractivity contribution in [3.8, 4) is 0 Å². The van der Waals surface area contributed by atoms with E-state index < -0.39 is 12.0 Å². The maximum Gasteiger partial charge on any atom is 0.326 e. The normalized spacial score (nSPS) is 12.8. The maximum atomic E-state index is 11.0. The van der Waals surface area contributed by atoms with E-state index in [0.29, 0.717) is 6.42 Å². The number of hydrogen-bond donors (Lipinski definition) is 2. The van der Waals surface area contributed by atoms with Crippen LogP contribution in [0.25, 0.3) is 0 Å². The minimum atomic E-state index is -0.986. The zero-order chi connectivity index (χ0) is 10.3. The molecule has 0 saturated heterocycles. The van der Waals surface area contributed by atoms with Gasteiger partial charge in [-0.05, 0) is 19.4 Å². The number of allylic oxidation sites excluding steroid dienone is 1. The van der Waals surface area contributed by atoms with Crippen LogP contribution < -0.4 is 5.32 Å². The van der Waals surface area contributed by atoms with E-state index in [4.69, 9.17) is 5.11 Å². The molecule has 13 heavy (non-hydrogen) atoms. The van der Waals surface area contributed by atoms with Crippen molar-refractivity contribution in [1.82, 2.24) is 5.32 Å². The molecule has 0 bridgehead atoms. The summed E-state index contributed by atoms with van der Waals surface area (Å²) in [5.74, 6) is -1.34. The Labute approximate surface area is 77.6 Å². The van der Waals surface area contributed by atoms with Gasteiger partial charge in [0.05, 0.1) is 0 Å². The topological polar surface area (TPSA) is 66.4 Å². The first-order valence-electron chi connectivity index (χ1n) is 4.27. The highest BCUT2D eigenvalue weighted by atomic mass is 16.4. The first-order chi connectivity index (χ1) is 6.11. The molecule has 0 aromatic heterocycles. The van der Waals surface area contributed by atoms with Gasteiger partial charge in [-0.1, -0.05) is 19.4 Å². The van der Waals surface area contributed by atoms with Gasteiger partial charge in [-0.2, -0.15) is 0 Å². The molecule has 0 aromatic rings. The van der Waals surface area contributed by atoms with Crippen molar-refractivity contribution in [3.05, 3.63) is 12.2 Å². The summed E-state index contributed by atoms with van der Waals surface area (Å²) in [6, 6.07) is -0.770. The van der Waals surface area contributed by atoms with Crippen molar-refractivity contribution in [3.63, 3.8) is 0 Å². The summed E-state index contributed by atoms with van der Waals surface area (Å²) < 4.78 is 0. The standard InChI is InChI=1S/C9H15NO3/c1-3-5-7(9(12)13)10-8(11)6-4-2/h4,6-7H,3,5H2,1-2H3,(H,10,11)(H,12,13)/b6-4+. The van der Waals surface area contributed by atoms with Crippen molar-refractivity contribution < 1.29 is 14.7 Å². The molecule has 0 heterocycles. The summed E-state index contributed by atoms with van der Waals surface area (Å²) in [4.78, 5) is 21.6. The molecule has 0 aliphatic heterocycles. The number of aliphatic carboxylic acids is 1. The molecule has 0 aliphatic carbocycles. The Bertz CT molecular complexity index is 211. The Kier molecular flexibility index (Phi) is 5.59. The highest BCUT2D eigenvalue weighted by Crippen LogP contribution is 1.96. The molecule has 0 rings (SSSR count). The smallest absolute Gasteiger partial charge is 0.326 e. The average Bonchev–Trinajstić information content (AvgIpc) is 2.04. The van der Waals surface area contributed by atoms with Gasteiger partial charge in [-0.15, -0.1) is 0 Å². The first-order valence-corrected chi connectivity index (χ1v) is 4.27. The Hall–Kier alpha value is -1.32. The van der Waals surface area contributed by atoms with Crippen LogP contribution >= 0.6 is 0 Å². The summed E-state index contributed by atoms with van der Waals surface area (Å²) in [7, 11) is 0. The predicted octanol–water partition coefficient (Wildman–Crippen LogP) is 0.932. The number of hydrogen-bond acceptors (Lipinski definition) is 2. The van der Waals surface area contributed by atoms with Crippen LogP contribution in [0.2, 0.25) is 0 Å². The lowest BCUT2D eigenvalue weighted by Gasteiger charge is -2.11. The number of carbonyl (C=O) groups is 2. The summed E-state index contributed by atoms with van der Waals surface area (Å²) >= 11 is 0. The van der Waals surface area contributed by atoms with Crippen molar-refractivity contribution in [2.45, 2.75) is 32.7 Å². The summed E-state index contributed by atoms with van der Waals surface area (Å²) in [6.45, 7) is 3.58. The molecule has 0 aliphatic rings. The van der Waals surface area contributed by atoms with Crippen LogP contribution in [0.15, 0.2) is 12.2 Å². The molecule has 1 atom stereocenters. The van der Waals surface area contributed by atoms with Gasteiger partial charge in [-0.25, -0.2) is 4.79 Å². The molecular weight excluding hydrogens is 170 g/mol. The van der Waals surface area contributed by atoms with Gasteiger partial charge in [0.1, 0.15) is 6.04 Å². The summed E-state index contributed by atoms with van der Waals surface area (Å²) in [5, 5.41) is 11.1. The van der Waals surface area contributed by atoms with Crippen LogP contribution in [-0.2, 0) is 9.59 Å². The number of carboxylic acids is 1. The van der Waals surface area contributed by atoms with E-state index in [-0.39, 0.29) is 5.91 Å². The molecular formula is C9H15NO3. The second kappa shape index (κ2) is 6.22. The molecule has 0 radical (unpaired) electrons. The minimum absolute atomic E-state index is 0.358. The van der Waals surface area contributed by atoms with Crippen molar-refractivity contribution in [2.24, 2.45) is 0 Å². The molecule has 1 unspecified atom stereocenters. The largest absolute Gasteiger partial charge is 0.480 e. The number of carboxylic acid groups (broad SMARTS) is 1. The second-order valence-electron chi connectivity index (χ2n) is 2.69. The molecule has 74 valence electrons. The van der Waals surface area contributed by atoms with Crippen molar-refractivity contribution >= 4 is 11.9 Å². The van der Waals surface area contributed by atoms with Gasteiger partial charge in [0, 0.05) is 0 Å². The first kappa shape index (κ1) is 11.7. The van der Waals surface area contributed by atoms with Crippen LogP contribution in [0.3, 0.4) is 0 Å². The van der Waals surface area contributed by atoms with Crippen LogP contribution in [0.1, 0.15) is 26.7 Å². The van der Waals surface area contributed by atoms with Crippen LogP contribution in [0.4, 0.5) is 0 Å². The number of amides is 1. The minimum Gasteiger partial charge on any atom is -0.480 e. The van der Waals surface area contributed by atoms with Gasteiger partial charge < -0.3 is 10.4 Å². The molecule has 0 aromatic carbocycles. The Morgan fingerprint density at radius 1 is 1.54 bits per heavy atom. The third-order valence-electron chi connectivity index (χ3n) is 1.51. The van der Waals surface area contributed by atoms with Gasteiger partial charge in [0.2, 0.25) is 5.91 Å². The zero-order valence-electron chi connectivity index (χ0n) is 7.91. The Morgan fingerprint density at radius 3 is 2.54 bits per heavy atom. The lowest BCUT2D eigenvalue weighted by atomic mass is 10.1. The highest BCUT2D eigenvalue weighted by Gasteiger charge is 2.16. The van der Waals surface area contributed by atoms with Crippen LogP contribution in [-0.4, -0.2) is 23.0 Å². The third-order valence-corrected chi connectivity index (χ3v) is 1.51. The lowest BCUT2D eigenvalue weighted by Crippen LogP contribution is -2.39. The van der Waals surface area contributed by atoms with Gasteiger partial charge in [0.15, 0.2) is 0 Å². The van der Waals surface area contributed by atoms with Gasteiger partial charge in [-0.3, -0.25) is 4.79 Å². The quantitative estimate of drug-likeness (QED) is 0.626. The van der Waals surface area contributed by atoms with E-state index in [1.54, 1.807) is 13.0 Å². The summed E-state index contributed by atoms with van der Waals surface area (Å²) in [5.41, 5.74) is 0. The summed E-state index contributed by atoms with van der Waals surface area (Å²) in [6.07, 6.45) is 4.07. The van der Waals surface area contributed by atoms with Crippen molar-refractivity contribution in [1.29, 1.82) is 0 Å². The molecule has 4 heteroatoms. The van der Waals surface area contributed by atoms with E-state index in [9.17, 15) is 9.59 Å². The Morgan fingerprint density at radius 2 is 2.15 bits per heavy atom. The fourth-order valence-corrected chi connectivity index (χ4v) is 0.917. The van der Waals surface area contributed by atoms with Gasteiger partial charge >= 0.3 is 5.97 Å². The molecule has 0 spiro atoms. The Balaban J connectivity index is 4.09. The van der Waals surface area contributed by atoms with E-state index in [2.05, 4.69) is 5.32 Å². The SMILES string of the molecule is C/C=C/C(=O)NC(CCC)C(=O)O. The zero-order valence-corrected chi connectivity index (χ0v) is 7.91. The van der Waals surface area contributed by atoms with Crippen molar-refractivity contribution in [2.75, 3.05) is 0 Å².